The Labute approximate surface area is 198 Å². The van der Waals surface area contributed by atoms with Crippen LogP contribution in [-0.4, -0.2) is 69.7 Å². The molecule has 7 nitrogen and oxygen atoms in total. The lowest BCUT2D eigenvalue weighted by molar-refractivity contribution is -0.119. The Morgan fingerprint density at radius 3 is 2.64 bits per heavy atom. The Kier molecular flexibility index (Phi) is 6.99. The van der Waals surface area contributed by atoms with Gasteiger partial charge in [-0.3, -0.25) is 14.3 Å². The minimum Gasteiger partial charge on any atom is -0.379 e. The number of hydrogen-bond acceptors (Lipinski definition) is 6. The molecule has 2 heterocycles. The van der Waals surface area contributed by atoms with Gasteiger partial charge in [-0.15, -0.1) is 10.2 Å². The lowest BCUT2D eigenvalue weighted by Crippen LogP contribution is -2.59. The highest BCUT2D eigenvalue weighted by Crippen LogP contribution is 2.41. The summed E-state index contributed by atoms with van der Waals surface area (Å²) in [5.41, 5.74) is 0.506. The number of rotatable bonds is 8. The van der Waals surface area contributed by atoms with Gasteiger partial charge in [0.2, 0.25) is 5.91 Å². The summed E-state index contributed by atoms with van der Waals surface area (Å²) < 4.78 is 21.9. The number of aromatic nitrogens is 3. The fourth-order valence-electron chi connectivity index (χ4n) is 5.16. The predicted molar refractivity (Wildman–Crippen MR) is 126 cm³/mol. The second kappa shape index (κ2) is 10.1. The van der Waals surface area contributed by atoms with Crippen molar-refractivity contribution in [2.24, 2.45) is 0 Å². The highest BCUT2D eigenvalue weighted by molar-refractivity contribution is 7.99. The molecule has 0 radical (unpaired) electrons. The molecule has 1 aromatic carbocycles. The van der Waals surface area contributed by atoms with Gasteiger partial charge in [0.15, 0.2) is 11.0 Å². The van der Waals surface area contributed by atoms with E-state index in [0.717, 1.165) is 52.0 Å². The summed E-state index contributed by atoms with van der Waals surface area (Å²) in [6, 6.07) is 6.94. The number of nitrogens with zero attached hydrogens (tertiary/aromatic N) is 4. The normalized spacial score (nSPS) is 21.1. The van der Waals surface area contributed by atoms with Crippen LogP contribution in [0.25, 0.3) is 11.4 Å². The zero-order valence-corrected chi connectivity index (χ0v) is 19.8. The van der Waals surface area contributed by atoms with Crippen LogP contribution in [0, 0.1) is 5.82 Å². The van der Waals surface area contributed by atoms with Gasteiger partial charge in [0.25, 0.3) is 0 Å². The van der Waals surface area contributed by atoms with Crippen molar-refractivity contribution in [3.63, 3.8) is 0 Å². The molecule has 3 fully saturated rings. The second-order valence-electron chi connectivity index (χ2n) is 9.34. The number of carbonyl (C=O) groups excluding carboxylic acids is 1. The minimum atomic E-state index is -0.304. The molecule has 1 aliphatic heterocycles. The largest absolute Gasteiger partial charge is 0.379 e. The Bertz CT molecular complexity index is 968. The van der Waals surface area contributed by atoms with Gasteiger partial charge in [-0.1, -0.05) is 43.2 Å². The first-order chi connectivity index (χ1) is 16.2. The van der Waals surface area contributed by atoms with E-state index in [-0.39, 0.29) is 29.1 Å². The maximum absolute atomic E-state index is 14.4. The molecule has 2 aliphatic carbocycles. The summed E-state index contributed by atoms with van der Waals surface area (Å²) in [6.07, 6.45) is 8.02. The highest BCUT2D eigenvalue weighted by atomic mass is 32.2. The van der Waals surface area contributed by atoms with E-state index >= 15 is 0 Å². The van der Waals surface area contributed by atoms with E-state index in [0.29, 0.717) is 23.1 Å². The molecule has 2 aromatic rings. The third kappa shape index (κ3) is 5.10. The number of thioether (sulfide) groups is 1. The van der Waals surface area contributed by atoms with Crippen LogP contribution in [-0.2, 0) is 9.53 Å². The average molecular weight is 474 g/mol. The number of morpholine rings is 1. The van der Waals surface area contributed by atoms with Gasteiger partial charge in [0.1, 0.15) is 5.82 Å². The van der Waals surface area contributed by atoms with Gasteiger partial charge >= 0.3 is 0 Å². The van der Waals surface area contributed by atoms with Crippen LogP contribution in [0.2, 0.25) is 0 Å². The molecule has 1 saturated heterocycles. The minimum absolute atomic E-state index is 0.0102. The Hall–Kier alpha value is -1.97. The van der Waals surface area contributed by atoms with E-state index in [1.807, 2.05) is 4.57 Å². The van der Waals surface area contributed by atoms with E-state index in [4.69, 9.17) is 4.74 Å². The van der Waals surface area contributed by atoms with Crippen LogP contribution in [0.1, 0.15) is 51.0 Å². The summed E-state index contributed by atoms with van der Waals surface area (Å²) >= 11 is 1.39. The number of benzene rings is 1. The molecule has 0 unspecified atom stereocenters. The average Bonchev–Trinajstić information content (AvgIpc) is 3.62. The van der Waals surface area contributed by atoms with Gasteiger partial charge in [0, 0.05) is 31.2 Å². The SMILES string of the molecule is O=C(CSc1nnc(-c2ccccc2F)n1C1CC1)NCC1(N2CCOCC2)CCCCC1. The predicted octanol–water partition coefficient (Wildman–Crippen LogP) is 3.66. The van der Waals surface area contributed by atoms with Crippen molar-refractivity contribution in [2.45, 2.75) is 61.7 Å². The van der Waals surface area contributed by atoms with Crippen molar-refractivity contribution in [3.05, 3.63) is 30.1 Å². The molecule has 1 N–H and O–H groups in total. The first-order valence-electron chi connectivity index (χ1n) is 12.1. The Balaban J connectivity index is 1.23. The lowest BCUT2D eigenvalue weighted by atomic mass is 9.79. The number of ether oxygens (including phenoxy) is 1. The summed E-state index contributed by atoms with van der Waals surface area (Å²) in [4.78, 5) is 15.4. The topological polar surface area (TPSA) is 72.3 Å². The van der Waals surface area contributed by atoms with Crippen molar-refractivity contribution < 1.29 is 13.9 Å². The van der Waals surface area contributed by atoms with Crippen LogP contribution in [0.5, 0.6) is 0 Å². The first-order valence-corrected chi connectivity index (χ1v) is 13.1. The van der Waals surface area contributed by atoms with Gasteiger partial charge < -0.3 is 10.1 Å². The quantitative estimate of drug-likeness (QED) is 0.590. The first kappa shape index (κ1) is 22.8. The van der Waals surface area contributed by atoms with Gasteiger partial charge in [-0.2, -0.15) is 0 Å². The number of carbonyl (C=O) groups is 1. The smallest absolute Gasteiger partial charge is 0.230 e. The molecular formula is C24H32FN5O2S. The van der Waals surface area contributed by atoms with Crippen LogP contribution in [0.15, 0.2) is 29.4 Å². The van der Waals surface area contributed by atoms with Crippen LogP contribution >= 0.6 is 11.8 Å². The van der Waals surface area contributed by atoms with Crippen molar-refractivity contribution in [3.8, 4) is 11.4 Å². The summed E-state index contributed by atoms with van der Waals surface area (Å²) in [5, 5.41) is 12.5. The molecule has 9 heteroatoms. The van der Waals surface area contributed by atoms with Gasteiger partial charge in [-0.25, -0.2) is 4.39 Å². The lowest BCUT2D eigenvalue weighted by Gasteiger charge is -2.48. The summed E-state index contributed by atoms with van der Waals surface area (Å²) in [5.74, 6) is 0.534. The van der Waals surface area contributed by atoms with E-state index in [9.17, 15) is 9.18 Å². The summed E-state index contributed by atoms with van der Waals surface area (Å²) in [6.45, 7) is 4.10. The van der Waals surface area contributed by atoms with E-state index < -0.39 is 0 Å². The van der Waals surface area contributed by atoms with Gasteiger partial charge in [0.05, 0.1) is 24.5 Å². The standard InChI is InChI=1S/C24H32FN5O2S/c25-20-7-3-2-6-19(20)22-27-28-23(30(22)18-8-9-18)33-16-21(31)26-17-24(10-4-1-5-11-24)29-12-14-32-15-13-29/h2-3,6-7,18H,1,4-5,8-17H2,(H,26,31). The molecule has 1 aromatic heterocycles. The molecular weight excluding hydrogens is 441 g/mol. The third-order valence-corrected chi connectivity index (χ3v) is 8.05. The number of halogens is 1. The number of nitrogens with one attached hydrogen (secondary N) is 1. The van der Waals surface area contributed by atoms with Crippen LogP contribution in [0.4, 0.5) is 4.39 Å². The fourth-order valence-corrected chi connectivity index (χ4v) is 6.00. The van der Waals surface area contributed by atoms with Crippen molar-refractivity contribution >= 4 is 17.7 Å². The maximum atomic E-state index is 14.4. The van der Waals surface area contributed by atoms with Gasteiger partial charge in [-0.05, 0) is 37.8 Å². The van der Waals surface area contributed by atoms with Crippen molar-refractivity contribution in [1.82, 2.24) is 25.0 Å². The second-order valence-corrected chi connectivity index (χ2v) is 10.3. The Morgan fingerprint density at radius 1 is 1.15 bits per heavy atom. The molecule has 1 amide bonds. The third-order valence-electron chi connectivity index (χ3n) is 7.10. The van der Waals surface area contributed by atoms with Crippen molar-refractivity contribution in [2.75, 3.05) is 38.6 Å². The molecule has 33 heavy (non-hydrogen) atoms. The molecule has 5 rings (SSSR count). The van der Waals surface area contributed by atoms with Crippen molar-refractivity contribution in [1.29, 1.82) is 0 Å². The molecule has 2 saturated carbocycles. The summed E-state index contributed by atoms with van der Waals surface area (Å²) in [7, 11) is 0. The zero-order chi connectivity index (χ0) is 22.7. The van der Waals surface area contributed by atoms with Crippen LogP contribution < -0.4 is 5.32 Å². The molecule has 178 valence electrons. The monoisotopic (exact) mass is 473 g/mol. The molecule has 0 atom stereocenters. The fraction of sp³-hybridized carbons (Fsp3) is 0.625. The molecule has 0 bridgehead atoms. The zero-order valence-electron chi connectivity index (χ0n) is 19.0. The molecule has 3 aliphatic rings. The number of hydrogen-bond donors (Lipinski definition) is 1. The molecule has 0 spiro atoms. The van der Waals surface area contributed by atoms with E-state index in [1.54, 1.807) is 18.2 Å². The maximum Gasteiger partial charge on any atom is 0.230 e. The van der Waals surface area contributed by atoms with E-state index in [1.165, 1.54) is 37.1 Å². The van der Waals surface area contributed by atoms with Crippen LogP contribution in [0.3, 0.4) is 0 Å². The highest BCUT2D eigenvalue weighted by Gasteiger charge is 2.39. The van der Waals surface area contributed by atoms with E-state index in [2.05, 4.69) is 20.4 Å². The Morgan fingerprint density at radius 2 is 1.91 bits per heavy atom. The number of amides is 1.